The van der Waals surface area contributed by atoms with Crippen LogP contribution in [0.25, 0.3) is 0 Å². The molecule has 0 aliphatic carbocycles. The molecule has 2 aliphatic heterocycles. The first-order chi connectivity index (χ1) is 9.69. The number of hydrogen-bond acceptors (Lipinski definition) is 3. The smallest absolute Gasteiger partial charge is 0.236 e. The first kappa shape index (κ1) is 15.8. The summed E-state index contributed by atoms with van der Waals surface area (Å²) in [4.78, 5) is 16.8. The number of likely N-dealkylation sites (tertiary alicyclic amines) is 2. The number of nitrogens with two attached hydrogens (primary N) is 1. The zero-order valence-electron chi connectivity index (χ0n) is 13.0. The Morgan fingerprint density at radius 1 is 1.10 bits per heavy atom. The lowest BCUT2D eigenvalue weighted by atomic mass is 9.96. The Hall–Kier alpha value is -0.610. The highest BCUT2D eigenvalue weighted by Gasteiger charge is 2.23. The van der Waals surface area contributed by atoms with Crippen LogP contribution in [0.15, 0.2) is 0 Å². The third-order valence-corrected chi connectivity index (χ3v) is 4.89. The summed E-state index contributed by atoms with van der Waals surface area (Å²) < 4.78 is 0. The molecule has 0 aromatic heterocycles. The minimum atomic E-state index is 0.331. The van der Waals surface area contributed by atoms with Gasteiger partial charge in [0.15, 0.2) is 0 Å². The van der Waals surface area contributed by atoms with Crippen molar-refractivity contribution in [3.05, 3.63) is 0 Å². The van der Waals surface area contributed by atoms with Crippen LogP contribution in [-0.4, -0.2) is 54.5 Å². The highest BCUT2D eigenvalue weighted by Crippen LogP contribution is 2.22. The maximum absolute atomic E-state index is 12.4. The molecule has 2 N–H and O–H groups in total. The van der Waals surface area contributed by atoms with Crippen molar-refractivity contribution in [3.63, 3.8) is 0 Å². The van der Waals surface area contributed by atoms with Crippen LogP contribution < -0.4 is 5.73 Å². The van der Waals surface area contributed by atoms with Gasteiger partial charge in [-0.15, -0.1) is 0 Å². The van der Waals surface area contributed by atoms with Gasteiger partial charge in [0.25, 0.3) is 0 Å². The zero-order chi connectivity index (χ0) is 14.4. The van der Waals surface area contributed by atoms with E-state index in [1.54, 1.807) is 0 Å². The van der Waals surface area contributed by atoms with Gasteiger partial charge < -0.3 is 10.6 Å². The molecule has 116 valence electrons. The van der Waals surface area contributed by atoms with E-state index < -0.39 is 0 Å². The summed E-state index contributed by atoms with van der Waals surface area (Å²) in [5.41, 5.74) is 5.91. The van der Waals surface area contributed by atoms with Crippen LogP contribution in [0.2, 0.25) is 0 Å². The van der Waals surface area contributed by atoms with E-state index in [0.29, 0.717) is 18.5 Å². The summed E-state index contributed by atoms with van der Waals surface area (Å²) in [5.74, 6) is 1.17. The minimum Gasteiger partial charge on any atom is -0.342 e. The molecule has 20 heavy (non-hydrogen) atoms. The number of carbonyl (C=O) groups is 1. The molecule has 2 saturated heterocycles. The number of carbonyl (C=O) groups excluding carboxylic acids is 1. The SMILES string of the molecule is CCCC1CCCN(C(=O)CN2CCC(N)CC2)CC1. The first-order valence-electron chi connectivity index (χ1n) is 8.44. The summed E-state index contributed by atoms with van der Waals surface area (Å²) >= 11 is 0. The van der Waals surface area contributed by atoms with Crippen LogP contribution in [0.4, 0.5) is 0 Å². The van der Waals surface area contributed by atoms with E-state index in [4.69, 9.17) is 5.73 Å². The van der Waals surface area contributed by atoms with Gasteiger partial charge in [-0.3, -0.25) is 9.69 Å². The van der Waals surface area contributed by atoms with Crippen molar-refractivity contribution < 1.29 is 4.79 Å². The second-order valence-electron chi connectivity index (χ2n) is 6.58. The van der Waals surface area contributed by atoms with E-state index in [9.17, 15) is 4.79 Å². The zero-order valence-corrected chi connectivity index (χ0v) is 13.0. The standard InChI is InChI=1S/C16H31N3O/c1-2-4-14-5-3-9-19(12-6-14)16(20)13-18-10-7-15(17)8-11-18/h14-15H,2-13,17H2,1H3. The molecular weight excluding hydrogens is 250 g/mol. The Morgan fingerprint density at radius 2 is 1.85 bits per heavy atom. The molecule has 0 spiro atoms. The van der Waals surface area contributed by atoms with Gasteiger partial charge in [-0.2, -0.15) is 0 Å². The lowest BCUT2D eigenvalue weighted by Crippen LogP contribution is -2.46. The van der Waals surface area contributed by atoms with Crippen molar-refractivity contribution in [1.29, 1.82) is 0 Å². The van der Waals surface area contributed by atoms with Crippen LogP contribution >= 0.6 is 0 Å². The molecule has 1 unspecified atom stereocenters. The fraction of sp³-hybridized carbons (Fsp3) is 0.938. The average Bonchev–Trinajstić information content (AvgIpc) is 2.67. The Kier molecular flexibility index (Phi) is 6.30. The Bertz CT molecular complexity index is 300. The number of amides is 1. The molecule has 4 heteroatoms. The molecular formula is C16H31N3O. The van der Waals surface area contributed by atoms with Crippen LogP contribution in [0, 0.1) is 5.92 Å². The highest BCUT2D eigenvalue weighted by atomic mass is 16.2. The summed E-state index contributed by atoms with van der Waals surface area (Å²) in [6.45, 7) is 6.77. The van der Waals surface area contributed by atoms with Gasteiger partial charge in [0, 0.05) is 32.2 Å². The Labute approximate surface area is 123 Å². The van der Waals surface area contributed by atoms with E-state index >= 15 is 0 Å². The van der Waals surface area contributed by atoms with Crippen molar-refractivity contribution in [2.24, 2.45) is 11.7 Å². The summed E-state index contributed by atoms with van der Waals surface area (Å²) in [5, 5.41) is 0. The van der Waals surface area contributed by atoms with Crippen LogP contribution in [0.1, 0.15) is 51.9 Å². The summed E-state index contributed by atoms with van der Waals surface area (Å²) in [6.07, 6.45) is 8.35. The Balaban J connectivity index is 1.74. The second kappa shape index (κ2) is 7.99. The quantitative estimate of drug-likeness (QED) is 0.855. The fourth-order valence-corrected chi connectivity index (χ4v) is 3.51. The maximum Gasteiger partial charge on any atom is 0.236 e. The highest BCUT2D eigenvalue weighted by molar-refractivity contribution is 5.78. The van der Waals surface area contributed by atoms with E-state index in [1.807, 2.05) is 0 Å². The van der Waals surface area contributed by atoms with E-state index in [2.05, 4.69) is 16.7 Å². The predicted molar refractivity (Wildman–Crippen MR) is 82.5 cm³/mol. The van der Waals surface area contributed by atoms with Gasteiger partial charge in [0.1, 0.15) is 0 Å². The minimum absolute atomic E-state index is 0.331. The van der Waals surface area contributed by atoms with E-state index in [1.165, 1.54) is 32.1 Å². The van der Waals surface area contributed by atoms with Crippen molar-refractivity contribution in [1.82, 2.24) is 9.80 Å². The normalized spacial score (nSPS) is 26.5. The monoisotopic (exact) mass is 281 g/mol. The molecule has 2 aliphatic rings. The Morgan fingerprint density at radius 3 is 2.55 bits per heavy atom. The van der Waals surface area contributed by atoms with Gasteiger partial charge >= 0.3 is 0 Å². The van der Waals surface area contributed by atoms with E-state index in [-0.39, 0.29) is 0 Å². The average molecular weight is 281 g/mol. The van der Waals surface area contributed by atoms with Gasteiger partial charge in [-0.05, 0) is 38.0 Å². The molecule has 0 saturated carbocycles. The molecule has 4 nitrogen and oxygen atoms in total. The number of nitrogens with zero attached hydrogens (tertiary/aromatic N) is 2. The van der Waals surface area contributed by atoms with Crippen LogP contribution in [-0.2, 0) is 4.79 Å². The molecule has 0 radical (unpaired) electrons. The van der Waals surface area contributed by atoms with Gasteiger partial charge in [0.2, 0.25) is 5.91 Å². The molecule has 2 heterocycles. The largest absolute Gasteiger partial charge is 0.342 e. The van der Waals surface area contributed by atoms with Gasteiger partial charge in [-0.1, -0.05) is 19.8 Å². The number of piperidine rings is 1. The molecule has 1 amide bonds. The predicted octanol–water partition coefficient (Wildman–Crippen LogP) is 1.84. The summed E-state index contributed by atoms with van der Waals surface area (Å²) in [6, 6.07) is 0.342. The third kappa shape index (κ3) is 4.74. The van der Waals surface area contributed by atoms with Crippen molar-refractivity contribution in [2.45, 2.75) is 57.9 Å². The molecule has 0 aromatic carbocycles. The van der Waals surface area contributed by atoms with Crippen molar-refractivity contribution >= 4 is 5.91 Å². The van der Waals surface area contributed by atoms with Gasteiger partial charge in [-0.25, -0.2) is 0 Å². The molecule has 0 bridgehead atoms. The second-order valence-corrected chi connectivity index (χ2v) is 6.58. The number of rotatable bonds is 4. The van der Waals surface area contributed by atoms with Crippen LogP contribution in [0.5, 0.6) is 0 Å². The topological polar surface area (TPSA) is 49.6 Å². The third-order valence-electron chi connectivity index (χ3n) is 4.89. The molecule has 1 atom stereocenters. The molecule has 2 rings (SSSR count). The fourth-order valence-electron chi connectivity index (χ4n) is 3.51. The number of hydrogen-bond donors (Lipinski definition) is 1. The first-order valence-corrected chi connectivity index (χ1v) is 8.44. The van der Waals surface area contributed by atoms with Crippen molar-refractivity contribution in [3.8, 4) is 0 Å². The summed E-state index contributed by atoms with van der Waals surface area (Å²) in [7, 11) is 0. The maximum atomic E-state index is 12.4. The lowest BCUT2D eigenvalue weighted by Gasteiger charge is -2.31. The van der Waals surface area contributed by atoms with Crippen LogP contribution in [0.3, 0.4) is 0 Å². The molecule has 0 aromatic rings. The molecule has 2 fully saturated rings. The van der Waals surface area contributed by atoms with E-state index in [0.717, 1.165) is 44.9 Å². The van der Waals surface area contributed by atoms with Crippen molar-refractivity contribution in [2.75, 3.05) is 32.7 Å². The van der Waals surface area contributed by atoms with Gasteiger partial charge in [0.05, 0.1) is 6.54 Å². The lowest BCUT2D eigenvalue weighted by molar-refractivity contribution is -0.132.